The molecule has 0 bridgehead atoms. The van der Waals surface area contributed by atoms with Crippen molar-refractivity contribution in [1.29, 1.82) is 0 Å². The lowest BCUT2D eigenvalue weighted by molar-refractivity contribution is 0.708. The van der Waals surface area contributed by atoms with E-state index in [1.54, 1.807) is 35.7 Å². The van der Waals surface area contributed by atoms with Gasteiger partial charge in [0.25, 0.3) is 0 Å². The minimum absolute atomic E-state index is 0.657. The molecule has 6 heteroatoms. The van der Waals surface area contributed by atoms with Gasteiger partial charge in [-0.25, -0.2) is 4.98 Å². The summed E-state index contributed by atoms with van der Waals surface area (Å²) >= 11 is 0. The van der Waals surface area contributed by atoms with Gasteiger partial charge in [0.15, 0.2) is 0 Å². The predicted octanol–water partition coefficient (Wildman–Crippen LogP) is 1.31. The maximum absolute atomic E-state index is 5.98. The molecule has 0 atom stereocenters. The molecule has 0 radical (unpaired) electrons. The smallest absolute Gasteiger partial charge is 0.0954 e. The van der Waals surface area contributed by atoms with Crippen LogP contribution in [0.25, 0.3) is 11.3 Å². The summed E-state index contributed by atoms with van der Waals surface area (Å²) in [5, 5.41) is 4.36. The van der Waals surface area contributed by atoms with Crippen molar-refractivity contribution in [2.75, 3.05) is 5.73 Å². The number of rotatable bonds is 3. The molecule has 0 aliphatic carbocycles. The van der Waals surface area contributed by atoms with E-state index < -0.39 is 0 Å². The van der Waals surface area contributed by atoms with Crippen molar-refractivity contribution >= 4 is 5.69 Å². The summed E-state index contributed by atoms with van der Waals surface area (Å²) in [5.74, 6) is 0. The number of nitrogens with zero attached hydrogens (tertiary/aromatic N) is 5. The molecule has 0 unspecified atom stereocenters. The number of nitrogen functional groups attached to an aromatic ring is 1. The molecule has 0 spiro atoms. The second-order valence-corrected chi connectivity index (χ2v) is 4.35. The highest BCUT2D eigenvalue weighted by molar-refractivity contribution is 5.72. The van der Waals surface area contributed by atoms with Crippen LogP contribution in [-0.2, 0) is 13.6 Å². The molecule has 0 amide bonds. The van der Waals surface area contributed by atoms with Crippen LogP contribution in [0.15, 0.2) is 43.2 Å². The summed E-state index contributed by atoms with van der Waals surface area (Å²) in [6, 6.07) is 3.77. The van der Waals surface area contributed by atoms with Crippen LogP contribution in [0, 0.1) is 0 Å². The summed E-state index contributed by atoms with van der Waals surface area (Å²) in [4.78, 5) is 8.30. The van der Waals surface area contributed by atoms with Crippen molar-refractivity contribution in [2.45, 2.75) is 6.54 Å². The van der Waals surface area contributed by atoms with Crippen molar-refractivity contribution in [3.05, 3.63) is 48.9 Å². The van der Waals surface area contributed by atoms with Crippen LogP contribution < -0.4 is 5.73 Å². The largest absolute Gasteiger partial charge is 0.398 e. The topological polar surface area (TPSA) is 74.5 Å². The maximum Gasteiger partial charge on any atom is 0.0954 e. The van der Waals surface area contributed by atoms with E-state index in [9.17, 15) is 0 Å². The minimum atomic E-state index is 0.657. The second-order valence-electron chi connectivity index (χ2n) is 4.35. The van der Waals surface area contributed by atoms with Crippen LogP contribution in [-0.4, -0.2) is 24.3 Å². The lowest BCUT2D eigenvalue weighted by Gasteiger charge is -2.08. The Bertz CT molecular complexity index is 696. The number of hydrogen-bond acceptors (Lipinski definition) is 4. The molecular formula is C13H14N6. The van der Waals surface area contributed by atoms with Crippen molar-refractivity contribution in [3.8, 4) is 11.3 Å². The number of hydrogen-bond donors (Lipinski definition) is 1. The molecule has 3 heterocycles. The van der Waals surface area contributed by atoms with Crippen molar-refractivity contribution in [2.24, 2.45) is 7.05 Å². The summed E-state index contributed by atoms with van der Waals surface area (Å²) < 4.78 is 3.79. The number of anilines is 1. The van der Waals surface area contributed by atoms with E-state index in [4.69, 9.17) is 5.73 Å². The molecule has 0 fully saturated rings. The molecule has 19 heavy (non-hydrogen) atoms. The van der Waals surface area contributed by atoms with Crippen LogP contribution in [0.2, 0.25) is 0 Å². The second kappa shape index (κ2) is 4.56. The zero-order valence-electron chi connectivity index (χ0n) is 10.6. The molecule has 3 aromatic rings. The van der Waals surface area contributed by atoms with E-state index in [-0.39, 0.29) is 0 Å². The van der Waals surface area contributed by atoms with Crippen LogP contribution in [0.3, 0.4) is 0 Å². The fourth-order valence-corrected chi connectivity index (χ4v) is 2.01. The van der Waals surface area contributed by atoms with E-state index in [1.807, 2.05) is 23.9 Å². The molecule has 0 aliphatic heterocycles. The van der Waals surface area contributed by atoms with E-state index in [1.165, 1.54) is 0 Å². The van der Waals surface area contributed by atoms with Gasteiger partial charge in [-0.05, 0) is 12.1 Å². The van der Waals surface area contributed by atoms with Gasteiger partial charge in [0, 0.05) is 36.9 Å². The van der Waals surface area contributed by atoms with Gasteiger partial charge in [-0.15, -0.1) is 0 Å². The average molecular weight is 254 g/mol. The summed E-state index contributed by atoms with van der Waals surface area (Å²) in [5.41, 5.74) is 9.47. The standard InChI is InChI=1S/C13H14N6/c1-18-5-3-10(17-18)8-19-9-16-7-13(19)11-6-15-4-2-12(11)14/h2-7,9H,8H2,1H3,(H2,14,15). The van der Waals surface area contributed by atoms with E-state index in [0.717, 1.165) is 17.0 Å². The van der Waals surface area contributed by atoms with Gasteiger partial charge in [0.1, 0.15) is 0 Å². The summed E-state index contributed by atoms with van der Waals surface area (Å²) in [7, 11) is 1.90. The summed E-state index contributed by atoms with van der Waals surface area (Å²) in [6.07, 6.45) is 8.91. The first kappa shape index (κ1) is 11.5. The van der Waals surface area contributed by atoms with Gasteiger partial charge in [0.2, 0.25) is 0 Å². The van der Waals surface area contributed by atoms with E-state index in [0.29, 0.717) is 12.2 Å². The summed E-state index contributed by atoms with van der Waals surface area (Å²) in [6.45, 7) is 0.657. The predicted molar refractivity (Wildman–Crippen MR) is 72.2 cm³/mol. The van der Waals surface area contributed by atoms with Gasteiger partial charge < -0.3 is 10.3 Å². The molecule has 3 aromatic heterocycles. The normalized spacial score (nSPS) is 10.8. The zero-order valence-corrected chi connectivity index (χ0v) is 10.6. The third-order valence-electron chi connectivity index (χ3n) is 2.94. The number of nitrogens with two attached hydrogens (primary N) is 1. The Morgan fingerprint density at radius 1 is 1.21 bits per heavy atom. The van der Waals surface area contributed by atoms with Gasteiger partial charge in [-0.1, -0.05) is 0 Å². The third kappa shape index (κ3) is 2.20. The van der Waals surface area contributed by atoms with Crippen molar-refractivity contribution in [3.63, 3.8) is 0 Å². The maximum atomic E-state index is 5.98. The molecule has 0 aliphatic rings. The Morgan fingerprint density at radius 2 is 2.11 bits per heavy atom. The molecule has 0 aromatic carbocycles. The number of aromatic nitrogens is 5. The number of imidazole rings is 1. The Balaban J connectivity index is 1.97. The van der Waals surface area contributed by atoms with Gasteiger partial charge in [0.05, 0.1) is 30.5 Å². The van der Waals surface area contributed by atoms with Gasteiger partial charge in [-0.2, -0.15) is 5.10 Å². The van der Waals surface area contributed by atoms with Gasteiger partial charge in [-0.3, -0.25) is 9.67 Å². The Hall–Kier alpha value is -2.63. The molecule has 2 N–H and O–H groups in total. The van der Waals surface area contributed by atoms with Crippen molar-refractivity contribution in [1.82, 2.24) is 24.3 Å². The molecular weight excluding hydrogens is 240 g/mol. The monoisotopic (exact) mass is 254 g/mol. The van der Waals surface area contributed by atoms with Crippen LogP contribution >= 0.6 is 0 Å². The highest BCUT2D eigenvalue weighted by Crippen LogP contribution is 2.24. The zero-order chi connectivity index (χ0) is 13.2. The van der Waals surface area contributed by atoms with Crippen LogP contribution in [0.5, 0.6) is 0 Å². The molecule has 6 nitrogen and oxygen atoms in total. The van der Waals surface area contributed by atoms with E-state index in [2.05, 4.69) is 15.1 Å². The van der Waals surface area contributed by atoms with Gasteiger partial charge >= 0.3 is 0 Å². The first-order valence-corrected chi connectivity index (χ1v) is 5.92. The highest BCUT2D eigenvalue weighted by Gasteiger charge is 2.09. The average Bonchev–Trinajstić information content (AvgIpc) is 3.00. The van der Waals surface area contributed by atoms with Crippen molar-refractivity contribution < 1.29 is 0 Å². The molecule has 0 saturated heterocycles. The Labute approximate surface area is 110 Å². The Morgan fingerprint density at radius 3 is 2.84 bits per heavy atom. The lowest BCUT2D eigenvalue weighted by Crippen LogP contribution is -2.03. The quantitative estimate of drug-likeness (QED) is 0.764. The molecule has 0 saturated carbocycles. The lowest BCUT2D eigenvalue weighted by atomic mass is 10.2. The third-order valence-corrected chi connectivity index (χ3v) is 2.94. The number of aryl methyl sites for hydroxylation is 1. The Kier molecular flexibility index (Phi) is 2.75. The fraction of sp³-hybridized carbons (Fsp3) is 0.154. The van der Waals surface area contributed by atoms with E-state index >= 15 is 0 Å². The highest BCUT2D eigenvalue weighted by atomic mass is 15.3. The molecule has 96 valence electrons. The van der Waals surface area contributed by atoms with Crippen LogP contribution in [0.1, 0.15) is 5.69 Å². The number of pyridine rings is 1. The van der Waals surface area contributed by atoms with Crippen LogP contribution in [0.4, 0.5) is 5.69 Å². The first-order valence-electron chi connectivity index (χ1n) is 5.92. The minimum Gasteiger partial charge on any atom is -0.398 e. The SMILES string of the molecule is Cn1ccc(Cn2cncc2-c2cnccc2N)n1. The fourth-order valence-electron chi connectivity index (χ4n) is 2.01. The first-order chi connectivity index (χ1) is 9.24. The molecule has 3 rings (SSSR count).